The molecule has 20 heteroatoms. The number of nitrogens with one attached hydrogen (secondary N) is 8. The molecule has 3 aromatic carbocycles. The lowest BCUT2D eigenvalue weighted by molar-refractivity contribution is -0.143. The van der Waals surface area contributed by atoms with Gasteiger partial charge in [-0.15, -0.1) is 23.5 Å². The fourth-order valence-corrected chi connectivity index (χ4v) is 17.3. The van der Waals surface area contributed by atoms with E-state index in [4.69, 9.17) is 12.2 Å². The van der Waals surface area contributed by atoms with Crippen molar-refractivity contribution in [3.8, 4) is 0 Å². The average molecular weight is 1130 g/mol. The number of fused-ring (bicyclic) bond motifs is 4. The standard InChI is InChI=1S/C57H78N10O6S4/c1-32(59-7)77-55(74)63-42-25-27-76-45-29-57(4,5)49(67(45)54(42)73)53(72)65-47-39-15-11-9-13-34(39)17-23-41(47)51(70)62-36-20-18-35(19-21-36)61-50(69)40-22-16-33-12-8-10-14-38(33)46(40)64-52(71)48-56(2,3)28-44-66(48)31-37(24-26-75-44)60-43(68)30-58-6/h8-16,22,32,35-37,41-42,44-45,47-49,58-59H,17-21,23-31H2,1-7H3,(H,60,68)(H,61,69)(H,62,70)(H,63,74)(H,64,71)(H,65,72)/t32-,35?,36?,37+,41-,42+,44+,45+,47+,48-,49-/m1/s1. The zero-order valence-electron chi connectivity index (χ0n) is 45.5. The first-order valence-electron chi connectivity index (χ1n) is 27.6. The SMILES string of the molecule is CNCC(=O)N[C@H]1CCS[C@H]2CC(C)(C)[C@@H](C(=O)Nc3c(C(=O)NC4CCC(NC(=O)[C@@H]5CCc6ccccc6[C@@H]5NC(=O)[C@H]5N6C(=O)[C@@H](NC(=S)S[C@H](C)NC)CCS[C@H]6CC5(C)C)CC4)ccc4ccccc34)N2C1. The molecule has 77 heavy (non-hydrogen) atoms. The van der Waals surface area contributed by atoms with Crippen LogP contribution in [0, 0.1) is 16.7 Å². The van der Waals surface area contributed by atoms with Crippen LogP contribution in [0.15, 0.2) is 60.7 Å². The molecule has 4 aliphatic heterocycles. The highest BCUT2D eigenvalue weighted by molar-refractivity contribution is 8.23. The maximum atomic E-state index is 14.9. The zero-order chi connectivity index (χ0) is 54.8. The lowest BCUT2D eigenvalue weighted by atomic mass is 9.78. The molecule has 0 bridgehead atoms. The number of aryl methyl sites for hydroxylation is 1. The quantitative estimate of drug-likeness (QED) is 0.0664. The third-order valence-electron chi connectivity index (χ3n) is 16.8. The predicted octanol–water partition coefficient (Wildman–Crippen LogP) is 6.25. The van der Waals surface area contributed by atoms with Crippen molar-refractivity contribution in [3.05, 3.63) is 77.4 Å². The Hall–Kier alpha value is -4.44. The minimum atomic E-state index is -0.749. The molecule has 3 aromatic rings. The van der Waals surface area contributed by atoms with Crippen LogP contribution in [-0.2, 0) is 30.4 Å². The number of rotatable bonds is 14. The third kappa shape index (κ3) is 12.8. The van der Waals surface area contributed by atoms with Gasteiger partial charge in [-0.3, -0.25) is 33.7 Å². The maximum absolute atomic E-state index is 14.9. The van der Waals surface area contributed by atoms with Crippen LogP contribution in [0.2, 0.25) is 0 Å². The van der Waals surface area contributed by atoms with Crippen LogP contribution in [-0.4, -0.2) is 141 Å². The van der Waals surface area contributed by atoms with Crippen molar-refractivity contribution >= 4 is 104 Å². The number of anilines is 1. The van der Waals surface area contributed by atoms with E-state index in [1.54, 1.807) is 29.8 Å². The van der Waals surface area contributed by atoms with Crippen molar-refractivity contribution in [1.29, 1.82) is 0 Å². The van der Waals surface area contributed by atoms with Crippen molar-refractivity contribution in [3.63, 3.8) is 0 Å². The van der Waals surface area contributed by atoms with E-state index in [1.165, 1.54) is 11.8 Å². The highest BCUT2D eigenvalue weighted by Gasteiger charge is 2.56. The number of amides is 6. The van der Waals surface area contributed by atoms with Crippen LogP contribution in [0.5, 0.6) is 0 Å². The fourth-order valence-electron chi connectivity index (χ4n) is 12.9. The number of thioether (sulfide) groups is 3. The molecular weight excluding hydrogens is 1050 g/mol. The van der Waals surface area contributed by atoms with E-state index in [-0.39, 0.29) is 81.6 Å². The second kappa shape index (κ2) is 24.5. The summed E-state index contributed by atoms with van der Waals surface area (Å²) in [7, 11) is 3.61. The molecule has 9 rings (SSSR count). The van der Waals surface area contributed by atoms with E-state index >= 15 is 0 Å². The van der Waals surface area contributed by atoms with Crippen LogP contribution in [0.4, 0.5) is 5.69 Å². The molecule has 0 aromatic heterocycles. The largest absolute Gasteiger partial charge is 0.359 e. The normalized spacial score (nSPS) is 29.1. The molecule has 8 N–H and O–H groups in total. The first-order chi connectivity index (χ1) is 36.8. The molecule has 0 spiro atoms. The molecular formula is C57H78N10O6S4. The molecule has 1 saturated carbocycles. The first-order valence-corrected chi connectivity index (χ1v) is 31.0. The Morgan fingerprint density at radius 3 is 2.16 bits per heavy atom. The number of thiocarbonyl (C=S) groups is 1. The van der Waals surface area contributed by atoms with Gasteiger partial charge in [0.1, 0.15) is 16.4 Å². The van der Waals surface area contributed by atoms with Gasteiger partial charge in [0.25, 0.3) is 5.91 Å². The Labute approximate surface area is 472 Å². The molecule has 0 radical (unpaired) electrons. The lowest BCUT2D eigenvalue weighted by Gasteiger charge is -2.39. The van der Waals surface area contributed by atoms with Gasteiger partial charge in [-0.2, -0.15) is 0 Å². The third-order valence-corrected chi connectivity index (χ3v) is 20.7. The van der Waals surface area contributed by atoms with Crippen molar-refractivity contribution in [1.82, 2.24) is 47.0 Å². The summed E-state index contributed by atoms with van der Waals surface area (Å²) in [5.41, 5.74) is 1.98. The summed E-state index contributed by atoms with van der Waals surface area (Å²) < 4.78 is 0.537. The van der Waals surface area contributed by atoms with E-state index in [1.807, 2.05) is 74.3 Å². The molecule has 6 amide bonds. The van der Waals surface area contributed by atoms with Gasteiger partial charge < -0.3 is 47.4 Å². The van der Waals surface area contributed by atoms with Gasteiger partial charge in [0.05, 0.1) is 51.9 Å². The summed E-state index contributed by atoms with van der Waals surface area (Å²) in [5.74, 6) is 0.0750. The molecule has 416 valence electrons. The van der Waals surface area contributed by atoms with Crippen molar-refractivity contribution in [2.75, 3.05) is 44.0 Å². The molecule has 5 fully saturated rings. The summed E-state index contributed by atoms with van der Waals surface area (Å²) in [6.07, 6.45) is 6.73. The summed E-state index contributed by atoms with van der Waals surface area (Å²) in [4.78, 5) is 89.9. The van der Waals surface area contributed by atoms with Crippen molar-refractivity contribution < 1.29 is 28.8 Å². The molecule has 2 aliphatic carbocycles. The molecule has 16 nitrogen and oxygen atoms in total. The van der Waals surface area contributed by atoms with E-state index < -0.39 is 35.5 Å². The van der Waals surface area contributed by atoms with Gasteiger partial charge in [0.2, 0.25) is 29.5 Å². The molecule has 6 aliphatic rings. The minimum Gasteiger partial charge on any atom is -0.359 e. The minimum absolute atomic E-state index is 0.0678. The second-order valence-electron chi connectivity index (χ2n) is 23.2. The van der Waals surface area contributed by atoms with Crippen LogP contribution < -0.4 is 42.5 Å². The van der Waals surface area contributed by atoms with E-state index in [9.17, 15) is 28.8 Å². The Balaban J connectivity index is 0.854. The Kier molecular flexibility index (Phi) is 18.2. The number of nitrogens with zero attached hydrogens (tertiary/aromatic N) is 2. The predicted molar refractivity (Wildman–Crippen MR) is 315 cm³/mol. The number of benzene rings is 3. The number of likely N-dealkylation sites (N-methyl/N-ethyl adjacent to an activating group) is 1. The monoisotopic (exact) mass is 1130 g/mol. The number of hydrogen-bond donors (Lipinski definition) is 8. The van der Waals surface area contributed by atoms with E-state index in [0.29, 0.717) is 73.5 Å². The molecule has 4 saturated heterocycles. The summed E-state index contributed by atoms with van der Waals surface area (Å²) in [6.45, 7) is 11.2. The van der Waals surface area contributed by atoms with Crippen LogP contribution in [0.1, 0.15) is 120 Å². The summed E-state index contributed by atoms with van der Waals surface area (Å²) in [5, 5.41) is 27.6. The molecule has 0 unspecified atom stereocenters. The number of hydrogen-bond acceptors (Lipinski definition) is 13. The van der Waals surface area contributed by atoms with Crippen LogP contribution in [0.3, 0.4) is 0 Å². The van der Waals surface area contributed by atoms with Gasteiger partial charge in [-0.25, -0.2) is 0 Å². The summed E-state index contributed by atoms with van der Waals surface area (Å²) >= 11 is 10.7. The Morgan fingerprint density at radius 1 is 0.727 bits per heavy atom. The fraction of sp³-hybridized carbons (Fsp3) is 0.596. The van der Waals surface area contributed by atoms with Gasteiger partial charge in [0.15, 0.2) is 0 Å². The molecule has 9 atom stereocenters. The van der Waals surface area contributed by atoms with Crippen LogP contribution >= 0.6 is 47.5 Å². The van der Waals surface area contributed by atoms with Crippen LogP contribution in [0.25, 0.3) is 10.8 Å². The number of carbonyl (C=O) groups is 6. The number of carbonyl (C=O) groups excluding carboxylic acids is 6. The van der Waals surface area contributed by atoms with Gasteiger partial charge in [0, 0.05) is 30.1 Å². The van der Waals surface area contributed by atoms with Gasteiger partial charge >= 0.3 is 0 Å². The highest BCUT2D eigenvalue weighted by atomic mass is 32.2. The highest BCUT2D eigenvalue weighted by Crippen LogP contribution is 2.48. The lowest BCUT2D eigenvalue weighted by Crippen LogP contribution is -2.58. The van der Waals surface area contributed by atoms with Gasteiger partial charge in [-0.1, -0.05) is 106 Å². The smallest absolute Gasteiger partial charge is 0.253 e. The molecule has 4 heterocycles. The Morgan fingerprint density at radius 2 is 1.40 bits per heavy atom. The Bertz CT molecular complexity index is 2720. The van der Waals surface area contributed by atoms with Crippen molar-refractivity contribution in [2.24, 2.45) is 16.7 Å². The van der Waals surface area contributed by atoms with Gasteiger partial charge in [-0.05, 0) is 130 Å². The van der Waals surface area contributed by atoms with E-state index in [0.717, 1.165) is 46.2 Å². The van der Waals surface area contributed by atoms with Crippen molar-refractivity contribution in [2.45, 2.75) is 157 Å². The second-order valence-corrected chi connectivity index (χ2v) is 27.8. The summed E-state index contributed by atoms with van der Waals surface area (Å²) in [6, 6.07) is 16.7. The zero-order valence-corrected chi connectivity index (χ0v) is 48.8. The maximum Gasteiger partial charge on any atom is 0.253 e. The topological polar surface area (TPSA) is 205 Å². The average Bonchev–Trinajstić information content (AvgIpc) is 3.77. The first kappa shape index (κ1) is 57.3. The van der Waals surface area contributed by atoms with E-state index in [2.05, 4.69) is 81.2 Å².